The molecule has 1 aromatic heterocycles. The van der Waals surface area contributed by atoms with Crippen molar-refractivity contribution in [3.8, 4) is 0 Å². The van der Waals surface area contributed by atoms with E-state index in [2.05, 4.69) is 27.1 Å². The van der Waals surface area contributed by atoms with Gasteiger partial charge in [-0.3, -0.25) is 0 Å². The van der Waals surface area contributed by atoms with Crippen molar-refractivity contribution < 1.29 is 13.7 Å². The van der Waals surface area contributed by atoms with Crippen LogP contribution >= 0.6 is 0 Å². The Kier molecular flexibility index (Phi) is 5.13. The maximum absolute atomic E-state index is 13.5. The molecule has 0 saturated carbocycles. The molecule has 2 atom stereocenters. The van der Waals surface area contributed by atoms with E-state index in [1.54, 1.807) is 11.1 Å². The molecule has 0 amide bonds. The van der Waals surface area contributed by atoms with Crippen molar-refractivity contribution in [2.24, 2.45) is 0 Å². The fourth-order valence-corrected chi connectivity index (χ4v) is 6.61. The lowest BCUT2D eigenvalue weighted by Crippen LogP contribution is -2.34. The zero-order chi connectivity index (χ0) is 22.6. The zero-order valence-electron chi connectivity index (χ0n) is 19.6. The quantitative estimate of drug-likeness (QED) is 0.489. The maximum atomic E-state index is 13.5. The van der Waals surface area contributed by atoms with Crippen LogP contribution in [0.3, 0.4) is 0 Å². The summed E-state index contributed by atoms with van der Waals surface area (Å²) in [7, 11) is 0. The lowest BCUT2D eigenvalue weighted by atomic mass is 9.91. The summed E-state index contributed by atoms with van der Waals surface area (Å²) in [5, 5.41) is 5.26. The van der Waals surface area contributed by atoms with Crippen LogP contribution in [-0.2, 0) is 24.0 Å². The summed E-state index contributed by atoms with van der Waals surface area (Å²) in [6.45, 7) is 4.48. The molecule has 2 saturated heterocycles. The monoisotopic (exact) mass is 461 g/mol. The van der Waals surface area contributed by atoms with Gasteiger partial charge in [-0.2, -0.15) is 0 Å². The number of aromatic nitrogens is 1. The van der Waals surface area contributed by atoms with E-state index in [1.165, 1.54) is 49.1 Å². The molecule has 4 aliphatic heterocycles. The normalized spacial score (nSPS) is 24.7. The van der Waals surface area contributed by atoms with E-state index < -0.39 is 0 Å². The molecule has 7 rings (SSSR count). The second kappa shape index (κ2) is 8.35. The Bertz CT molecular complexity index is 1220. The van der Waals surface area contributed by atoms with Crippen molar-refractivity contribution in [1.82, 2.24) is 10.1 Å². The Morgan fingerprint density at radius 3 is 2.74 bits per heavy atom. The number of aryl methyl sites for hydroxylation is 3. The second-order valence-corrected chi connectivity index (χ2v) is 10.6. The SMILES string of the molecule is Fc1ccc2c(C3CCN(CCCc4cc5c6c(c4)CCC4OC4N6CCC5)CC3)noc2c1. The van der Waals surface area contributed by atoms with Crippen LogP contribution in [0.1, 0.15) is 60.4 Å². The minimum absolute atomic E-state index is 0.272. The molecule has 34 heavy (non-hydrogen) atoms. The Morgan fingerprint density at radius 1 is 1.00 bits per heavy atom. The first-order valence-electron chi connectivity index (χ1n) is 13.1. The number of halogens is 1. The van der Waals surface area contributed by atoms with Crippen molar-refractivity contribution in [2.75, 3.05) is 31.1 Å². The van der Waals surface area contributed by atoms with E-state index in [0.717, 1.165) is 62.9 Å². The number of likely N-dealkylation sites (tertiary alicyclic amines) is 1. The number of rotatable bonds is 5. The summed E-state index contributed by atoms with van der Waals surface area (Å²) >= 11 is 0. The Balaban J connectivity index is 0.963. The molecule has 2 fully saturated rings. The number of hydrogen-bond donors (Lipinski definition) is 0. The fraction of sp³-hybridized carbons (Fsp3) is 0.536. The average Bonchev–Trinajstić information content (AvgIpc) is 3.54. The lowest BCUT2D eigenvalue weighted by molar-refractivity contribution is 0.207. The third-order valence-electron chi connectivity index (χ3n) is 8.40. The van der Waals surface area contributed by atoms with Crippen LogP contribution in [-0.4, -0.2) is 48.6 Å². The highest BCUT2D eigenvalue weighted by Gasteiger charge is 2.47. The van der Waals surface area contributed by atoms with Crippen molar-refractivity contribution in [3.05, 3.63) is 58.5 Å². The third-order valence-corrected chi connectivity index (χ3v) is 8.40. The van der Waals surface area contributed by atoms with E-state index in [0.29, 0.717) is 23.8 Å². The highest BCUT2D eigenvalue weighted by atomic mass is 19.1. The highest BCUT2D eigenvalue weighted by molar-refractivity contribution is 5.79. The van der Waals surface area contributed by atoms with Crippen molar-refractivity contribution in [1.29, 1.82) is 0 Å². The van der Waals surface area contributed by atoms with Crippen molar-refractivity contribution >= 4 is 16.7 Å². The van der Waals surface area contributed by atoms with E-state index in [1.807, 2.05) is 6.07 Å². The summed E-state index contributed by atoms with van der Waals surface area (Å²) in [5.74, 6) is 0.130. The van der Waals surface area contributed by atoms with Gasteiger partial charge in [-0.15, -0.1) is 0 Å². The molecule has 5 nitrogen and oxygen atoms in total. The van der Waals surface area contributed by atoms with Gasteiger partial charge in [-0.05, 0) is 99.8 Å². The molecule has 5 heterocycles. The Morgan fingerprint density at radius 2 is 1.85 bits per heavy atom. The summed E-state index contributed by atoms with van der Waals surface area (Å²) in [4.78, 5) is 5.15. The molecule has 0 aliphatic carbocycles. The number of benzene rings is 2. The first kappa shape index (κ1) is 20.9. The van der Waals surface area contributed by atoms with Crippen LogP contribution in [0.25, 0.3) is 11.0 Å². The van der Waals surface area contributed by atoms with E-state index in [4.69, 9.17) is 9.26 Å². The summed E-state index contributed by atoms with van der Waals surface area (Å²) in [6.07, 6.45) is 10.1. The van der Waals surface area contributed by atoms with Crippen LogP contribution in [0.15, 0.2) is 34.9 Å². The molecule has 6 heteroatoms. The molecule has 2 unspecified atom stereocenters. The fourth-order valence-electron chi connectivity index (χ4n) is 6.61. The number of epoxide rings is 1. The number of nitrogens with zero attached hydrogens (tertiary/aromatic N) is 3. The van der Waals surface area contributed by atoms with E-state index in [9.17, 15) is 4.39 Å². The number of hydrogen-bond acceptors (Lipinski definition) is 5. The van der Waals surface area contributed by atoms with Crippen molar-refractivity contribution in [2.45, 2.75) is 69.6 Å². The van der Waals surface area contributed by atoms with Gasteiger partial charge in [0, 0.05) is 29.6 Å². The van der Waals surface area contributed by atoms with Gasteiger partial charge in [-0.1, -0.05) is 17.3 Å². The molecule has 0 spiro atoms. The van der Waals surface area contributed by atoms with Crippen LogP contribution in [0.2, 0.25) is 0 Å². The molecule has 4 aliphatic rings. The van der Waals surface area contributed by atoms with E-state index in [-0.39, 0.29) is 5.82 Å². The second-order valence-electron chi connectivity index (χ2n) is 10.6. The number of piperidine rings is 1. The van der Waals surface area contributed by atoms with Crippen LogP contribution in [0.5, 0.6) is 0 Å². The van der Waals surface area contributed by atoms with Crippen LogP contribution < -0.4 is 4.90 Å². The molecule has 0 radical (unpaired) electrons. The zero-order valence-corrected chi connectivity index (χ0v) is 19.6. The first-order valence-corrected chi connectivity index (χ1v) is 13.1. The summed E-state index contributed by atoms with van der Waals surface area (Å²) < 4.78 is 24.8. The number of anilines is 1. The summed E-state index contributed by atoms with van der Waals surface area (Å²) in [5.41, 5.74) is 7.70. The summed E-state index contributed by atoms with van der Waals surface area (Å²) in [6, 6.07) is 9.73. The molecule has 0 N–H and O–H groups in total. The van der Waals surface area contributed by atoms with Crippen molar-refractivity contribution in [3.63, 3.8) is 0 Å². The highest BCUT2D eigenvalue weighted by Crippen LogP contribution is 2.44. The number of fused-ring (bicyclic) bond motifs is 3. The minimum Gasteiger partial charge on any atom is -0.356 e. The smallest absolute Gasteiger partial charge is 0.170 e. The van der Waals surface area contributed by atoms with Gasteiger partial charge in [0.2, 0.25) is 0 Å². The van der Waals surface area contributed by atoms with Crippen LogP contribution in [0.4, 0.5) is 10.1 Å². The number of ether oxygens (including phenoxy) is 1. The molecule has 0 bridgehead atoms. The van der Waals surface area contributed by atoms with Gasteiger partial charge in [0.1, 0.15) is 11.9 Å². The Labute approximate surface area is 199 Å². The molecule has 3 aromatic rings. The van der Waals surface area contributed by atoms with Gasteiger partial charge in [0.15, 0.2) is 11.8 Å². The molecular weight excluding hydrogens is 429 g/mol. The Hall–Kier alpha value is -2.44. The minimum atomic E-state index is -0.272. The van der Waals surface area contributed by atoms with Gasteiger partial charge >= 0.3 is 0 Å². The first-order chi connectivity index (χ1) is 16.7. The largest absolute Gasteiger partial charge is 0.356 e. The van der Waals surface area contributed by atoms with Gasteiger partial charge in [0.05, 0.1) is 5.69 Å². The predicted octanol–water partition coefficient (Wildman–Crippen LogP) is 5.20. The van der Waals surface area contributed by atoms with Gasteiger partial charge in [0.25, 0.3) is 0 Å². The van der Waals surface area contributed by atoms with E-state index >= 15 is 0 Å². The lowest BCUT2D eigenvalue weighted by Gasteiger charge is -2.32. The van der Waals surface area contributed by atoms with Gasteiger partial charge in [-0.25, -0.2) is 4.39 Å². The molecular formula is C28H32FN3O2. The van der Waals surface area contributed by atoms with Crippen LogP contribution in [0, 0.1) is 5.82 Å². The molecule has 178 valence electrons. The molecule has 2 aromatic carbocycles. The van der Waals surface area contributed by atoms with Gasteiger partial charge < -0.3 is 19.1 Å². The maximum Gasteiger partial charge on any atom is 0.170 e. The average molecular weight is 462 g/mol. The standard InChI is InChI=1S/C28H32FN3O2/c29-22-6-7-23-25(17-22)34-30-26(23)19-9-13-31(14-10-19)11-1-3-18-15-20-4-2-12-32-27(20)21(16-18)5-8-24-28(32)33-24/h6-7,15-17,19,24,28H,1-5,8-14H2. The predicted molar refractivity (Wildman–Crippen MR) is 130 cm³/mol. The third kappa shape index (κ3) is 3.72. The topological polar surface area (TPSA) is 45.0 Å².